The Hall–Kier alpha value is -6.36. The molecular formula is C47H33N3S. The van der Waals surface area contributed by atoms with E-state index in [1.54, 1.807) is 11.3 Å². The van der Waals surface area contributed by atoms with Crippen molar-refractivity contribution in [1.82, 2.24) is 4.57 Å². The maximum Gasteiger partial charge on any atom is 0.160 e. The van der Waals surface area contributed by atoms with Gasteiger partial charge in [-0.15, -0.1) is 11.3 Å². The van der Waals surface area contributed by atoms with Crippen LogP contribution in [0.15, 0.2) is 186 Å². The molecule has 242 valence electrons. The molecule has 0 bridgehead atoms. The number of benzene rings is 7. The summed E-state index contributed by atoms with van der Waals surface area (Å²) in [5.41, 5.74) is 10.5. The zero-order chi connectivity index (χ0) is 34.3. The van der Waals surface area contributed by atoms with Gasteiger partial charge in [-0.3, -0.25) is 0 Å². The normalized spacial score (nSPS) is 12.3. The number of rotatable bonds is 6. The molecule has 0 fully saturated rings. The molecule has 0 atom stereocenters. The van der Waals surface area contributed by atoms with Crippen molar-refractivity contribution in [2.45, 2.75) is 6.92 Å². The van der Waals surface area contributed by atoms with E-state index in [2.05, 4.69) is 145 Å². The van der Waals surface area contributed by atoms with Crippen molar-refractivity contribution in [3.05, 3.63) is 193 Å². The molecule has 4 heteroatoms. The van der Waals surface area contributed by atoms with E-state index in [0.29, 0.717) is 11.5 Å². The Morgan fingerprint density at radius 2 is 1.16 bits per heavy atom. The van der Waals surface area contributed by atoms with E-state index in [-0.39, 0.29) is 0 Å². The monoisotopic (exact) mass is 671 g/mol. The largest absolute Gasteiger partial charge is 0.309 e. The van der Waals surface area contributed by atoms with Crippen molar-refractivity contribution < 1.29 is 0 Å². The molecule has 9 rings (SSSR count). The molecule has 0 amide bonds. The van der Waals surface area contributed by atoms with Crippen molar-refractivity contribution >= 4 is 70.6 Å². The Morgan fingerprint density at radius 1 is 0.529 bits per heavy atom. The molecule has 2 heterocycles. The zero-order valence-electron chi connectivity index (χ0n) is 28.1. The molecule has 2 aromatic heterocycles. The molecule has 0 N–H and O–H groups in total. The zero-order valence-corrected chi connectivity index (χ0v) is 28.9. The topological polar surface area (TPSA) is 29.6 Å². The Kier molecular flexibility index (Phi) is 7.72. The second kappa shape index (κ2) is 12.8. The summed E-state index contributed by atoms with van der Waals surface area (Å²) in [5.74, 6) is 0.641. The van der Waals surface area contributed by atoms with Crippen LogP contribution in [-0.2, 0) is 0 Å². The average molecular weight is 672 g/mol. The molecule has 51 heavy (non-hydrogen) atoms. The van der Waals surface area contributed by atoms with E-state index in [9.17, 15) is 0 Å². The van der Waals surface area contributed by atoms with Gasteiger partial charge >= 0.3 is 0 Å². The molecule has 3 nitrogen and oxygen atoms in total. The van der Waals surface area contributed by atoms with Crippen LogP contribution < -0.4 is 0 Å². The average Bonchev–Trinajstić information content (AvgIpc) is 3.73. The molecule has 0 unspecified atom stereocenters. The third-order valence-corrected chi connectivity index (χ3v) is 10.7. The molecule has 9 aromatic rings. The van der Waals surface area contributed by atoms with Crippen LogP contribution in [0.1, 0.15) is 23.6 Å². The minimum Gasteiger partial charge on any atom is -0.309 e. The number of hydrogen-bond acceptors (Lipinski definition) is 2. The summed E-state index contributed by atoms with van der Waals surface area (Å²) >= 11 is 1.81. The Morgan fingerprint density at radius 3 is 1.92 bits per heavy atom. The highest BCUT2D eigenvalue weighted by atomic mass is 32.1. The minimum absolute atomic E-state index is 0.641. The van der Waals surface area contributed by atoms with Crippen LogP contribution in [0, 0.1) is 0 Å². The quantitative estimate of drug-likeness (QED) is 0.124. The van der Waals surface area contributed by atoms with Crippen molar-refractivity contribution in [3.8, 4) is 16.8 Å². The van der Waals surface area contributed by atoms with Gasteiger partial charge in [0.2, 0.25) is 0 Å². The fourth-order valence-corrected chi connectivity index (χ4v) is 8.20. The number of thiophene rings is 1. The molecule has 0 aliphatic carbocycles. The number of para-hydroxylation sites is 2. The van der Waals surface area contributed by atoms with Crippen LogP contribution in [0.3, 0.4) is 0 Å². The van der Waals surface area contributed by atoms with Crippen molar-refractivity contribution in [3.63, 3.8) is 0 Å². The SMILES string of the molecule is C=C(/N=C(\N=C(/C)c1ccccc1)c1ccccc1)c1cccc2sc3ccc(-c4ccc5c(c4)c4ccccc4n5-c4ccccc4)cc3c12. The van der Waals surface area contributed by atoms with Crippen molar-refractivity contribution in [1.29, 1.82) is 0 Å². The Bertz CT molecular complexity index is 2800. The van der Waals surface area contributed by atoms with E-state index in [0.717, 1.165) is 28.1 Å². The number of amidine groups is 1. The molecule has 0 saturated heterocycles. The van der Waals surface area contributed by atoms with E-state index >= 15 is 0 Å². The molecule has 0 saturated carbocycles. The van der Waals surface area contributed by atoms with Crippen molar-refractivity contribution in [2.24, 2.45) is 9.98 Å². The van der Waals surface area contributed by atoms with Gasteiger partial charge in [-0.05, 0) is 72.1 Å². The maximum absolute atomic E-state index is 5.13. The standard InChI is InChI=1S/C47H33N3S/c1-31(33-15-6-3-7-16-33)48-47(34-17-8-4-9-18-34)49-32(2)38-22-14-24-45-46(38)41-30-36(26-28-44(41)51-45)35-25-27-43-40(29-35)39-21-12-13-23-42(39)50(43)37-19-10-5-11-20-37/h3-30H,2H2,1H3/b48-31+,49-47-. The van der Waals surface area contributed by atoms with Crippen LogP contribution in [0.25, 0.3) is 64.5 Å². The molecule has 7 aromatic carbocycles. The fourth-order valence-electron chi connectivity index (χ4n) is 7.09. The lowest BCUT2D eigenvalue weighted by Gasteiger charge is -2.09. The Labute approximate surface area is 300 Å². The highest BCUT2D eigenvalue weighted by Crippen LogP contribution is 2.41. The van der Waals surface area contributed by atoms with Gasteiger partial charge in [0.1, 0.15) is 0 Å². The van der Waals surface area contributed by atoms with Gasteiger partial charge in [-0.25, -0.2) is 9.98 Å². The maximum atomic E-state index is 5.13. The number of fused-ring (bicyclic) bond motifs is 6. The minimum atomic E-state index is 0.641. The van der Waals surface area contributed by atoms with Crippen LogP contribution in [0.5, 0.6) is 0 Å². The van der Waals surface area contributed by atoms with E-state index in [1.807, 2.05) is 43.3 Å². The molecule has 0 aliphatic heterocycles. The lowest BCUT2D eigenvalue weighted by atomic mass is 9.99. The van der Waals surface area contributed by atoms with Gasteiger partial charge in [0, 0.05) is 53.5 Å². The molecule has 0 radical (unpaired) electrons. The third kappa shape index (κ3) is 5.56. The van der Waals surface area contributed by atoms with Gasteiger partial charge in [-0.2, -0.15) is 0 Å². The predicted octanol–water partition coefficient (Wildman–Crippen LogP) is 12.7. The molecule has 0 aliphatic rings. The fraction of sp³-hybridized carbons (Fsp3) is 0.0213. The summed E-state index contributed by atoms with van der Waals surface area (Å²) in [4.78, 5) is 10.2. The van der Waals surface area contributed by atoms with Crippen molar-refractivity contribution in [2.75, 3.05) is 0 Å². The lowest BCUT2D eigenvalue weighted by Crippen LogP contribution is -2.04. The highest BCUT2D eigenvalue weighted by molar-refractivity contribution is 7.25. The van der Waals surface area contributed by atoms with Crippen LogP contribution in [-0.4, -0.2) is 16.1 Å². The molecular weight excluding hydrogens is 639 g/mol. The number of hydrogen-bond donors (Lipinski definition) is 0. The lowest BCUT2D eigenvalue weighted by molar-refractivity contribution is 1.18. The smallest absolute Gasteiger partial charge is 0.160 e. The summed E-state index contributed by atoms with van der Waals surface area (Å²) in [5, 5.41) is 4.86. The second-order valence-corrected chi connectivity index (χ2v) is 13.8. The predicted molar refractivity (Wildman–Crippen MR) is 220 cm³/mol. The summed E-state index contributed by atoms with van der Waals surface area (Å²) in [6.45, 7) is 6.55. The number of nitrogens with zero attached hydrogens (tertiary/aromatic N) is 3. The second-order valence-electron chi connectivity index (χ2n) is 12.7. The van der Waals surface area contributed by atoms with Gasteiger partial charge in [-0.1, -0.05) is 128 Å². The first-order valence-electron chi connectivity index (χ1n) is 17.1. The highest BCUT2D eigenvalue weighted by Gasteiger charge is 2.16. The summed E-state index contributed by atoms with van der Waals surface area (Å²) < 4.78 is 4.81. The number of aliphatic imine (C=N–C) groups is 2. The van der Waals surface area contributed by atoms with Gasteiger partial charge in [0.15, 0.2) is 5.84 Å². The summed E-state index contributed by atoms with van der Waals surface area (Å²) in [7, 11) is 0. The first kappa shape index (κ1) is 30.7. The van der Waals surface area contributed by atoms with Crippen LogP contribution in [0.2, 0.25) is 0 Å². The third-order valence-electron chi connectivity index (χ3n) is 9.56. The van der Waals surface area contributed by atoms with E-state index in [4.69, 9.17) is 9.98 Å². The summed E-state index contributed by atoms with van der Waals surface area (Å²) in [6.07, 6.45) is 0. The van der Waals surface area contributed by atoms with E-state index in [1.165, 1.54) is 53.1 Å². The first-order valence-corrected chi connectivity index (χ1v) is 17.9. The molecule has 0 spiro atoms. The van der Waals surface area contributed by atoms with Gasteiger partial charge in [0.25, 0.3) is 0 Å². The summed E-state index contributed by atoms with van der Waals surface area (Å²) in [6, 6.07) is 59.8. The number of aromatic nitrogens is 1. The van der Waals surface area contributed by atoms with Gasteiger partial charge in [0.05, 0.1) is 16.7 Å². The Balaban J connectivity index is 1.17. The van der Waals surface area contributed by atoms with Crippen LogP contribution in [0.4, 0.5) is 0 Å². The first-order chi connectivity index (χ1) is 25.1. The van der Waals surface area contributed by atoms with Crippen LogP contribution >= 0.6 is 11.3 Å². The van der Waals surface area contributed by atoms with Gasteiger partial charge < -0.3 is 4.57 Å². The van der Waals surface area contributed by atoms with E-state index < -0.39 is 0 Å².